The van der Waals surface area contributed by atoms with Gasteiger partial charge < -0.3 is 15.4 Å². The molecule has 4 nitrogen and oxygen atoms in total. The number of benzene rings is 1. The minimum Gasteiger partial charge on any atom is -0.496 e. The Morgan fingerprint density at radius 2 is 2.17 bits per heavy atom. The molecule has 0 atom stereocenters. The molecule has 100 valence electrons. The maximum absolute atomic E-state index is 11.8. The first kappa shape index (κ1) is 14.5. The minimum absolute atomic E-state index is 0.115. The lowest BCUT2D eigenvalue weighted by atomic mass is 10.1. The van der Waals surface area contributed by atoms with E-state index in [0.717, 1.165) is 23.3 Å². The quantitative estimate of drug-likeness (QED) is 0.836. The van der Waals surface area contributed by atoms with E-state index in [9.17, 15) is 4.79 Å². The highest BCUT2D eigenvalue weighted by Gasteiger charge is 2.11. The third-order valence-corrected chi connectivity index (χ3v) is 2.86. The molecule has 18 heavy (non-hydrogen) atoms. The van der Waals surface area contributed by atoms with Crippen LogP contribution in [-0.4, -0.2) is 31.5 Å². The molecule has 0 bridgehead atoms. The molecular weight excluding hydrogens is 228 g/mol. The first-order valence-corrected chi connectivity index (χ1v) is 6.16. The molecule has 0 saturated carbocycles. The van der Waals surface area contributed by atoms with Gasteiger partial charge in [0.15, 0.2) is 0 Å². The van der Waals surface area contributed by atoms with E-state index in [1.165, 1.54) is 0 Å². The van der Waals surface area contributed by atoms with Gasteiger partial charge in [-0.05, 0) is 26.0 Å². The van der Waals surface area contributed by atoms with Crippen molar-refractivity contribution in [1.82, 2.24) is 4.90 Å². The highest BCUT2D eigenvalue weighted by Crippen LogP contribution is 2.21. The fourth-order valence-electron chi connectivity index (χ4n) is 1.82. The van der Waals surface area contributed by atoms with Crippen molar-refractivity contribution < 1.29 is 9.53 Å². The second-order valence-electron chi connectivity index (χ2n) is 4.46. The number of carbonyl (C=O) groups excluding carboxylic acids is 1. The van der Waals surface area contributed by atoms with E-state index in [2.05, 4.69) is 0 Å². The van der Waals surface area contributed by atoms with Crippen molar-refractivity contribution in [2.45, 2.75) is 26.3 Å². The SMILES string of the molecule is COc1ccc(C)cc1CN(C)C(=O)CCCN. The van der Waals surface area contributed by atoms with Crippen molar-refractivity contribution in [2.24, 2.45) is 5.73 Å². The molecule has 0 aromatic heterocycles. The van der Waals surface area contributed by atoms with E-state index >= 15 is 0 Å². The number of nitrogens with zero attached hydrogens (tertiary/aromatic N) is 1. The number of ether oxygens (including phenoxy) is 1. The Morgan fingerprint density at radius 1 is 1.44 bits per heavy atom. The van der Waals surface area contributed by atoms with Crippen molar-refractivity contribution >= 4 is 5.91 Å². The van der Waals surface area contributed by atoms with Gasteiger partial charge in [0.05, 0.1) is 7.11 Å². The molecule has 0 aliphatic rings. The largest absolute Gasteiger partial charge is 0.496 e. The molecule has 4 heteroatoms. The Morgan fingerprint density at radius 3 is 2.78 bits per heavy atom. The normalized spacial score (nSPS) is 10.2. The fourth-order valence-corrected chi connectivity index (χ4v) is 1.82. The number of methoxy groups -OCH3 is 1. The zero-order valence-corrected chi connectivity index (χ0v) is 11.4. The summed E-state index contributed by atoms with van der Waals surface area (Å²) in [7, 11) is 3.45. The lowest BCUT2D eigenvalue weighted by Gasteiger charge is -2.19. The Labute approximate surface area is 109 Å². The van der Waals surface area contributed by atoms with Crippen LogP contribution >= 0.6 is 0 Å². The predicted molar refractivity (Wildman–Crippen MR) is 72.5 cm³/mol. The van der Waals surface area contributed by atoms with E-state index in [1.807, 2.05) is 25.1 Å². The summed E-state index contributed by atoms with van der Waals surface area (Å²) in [5.41, 5.74) is 7.59. The number of amides is 1. The maximum atomic E-state index is 11.8. The summed E-state index contributed by atoms with van der Waals surface area (Å²) in [5.74, 6) is 0.933. The number of nitrogens with two attached hydrogens (primary N) is 1. The van der Waals surface area contributed by atoms with Gasteiger partial charge in [0, 0.05) is 25.6 Å². The third-order valence-electron chi connectivity index (χ3n) is 2.86. The highest BCUT2D eigenvalue weighted by atomic mass is 16.5. The summed E-state index contributed by atoms with van der Waals surface area (Å²) in [6.45, 7) is 3.14. The van der Waals surface area contributed by atoms with E-state index in [1.54, 1.807) is 19.1 Å². The molecule has 0 aliphatic heterocycles. The Bertz CT molecular complexity index is 405. The van der Waals surface area contributed by atoms with Crippen LogP contribution in [0.4, 0.5) is 0 Å². The van der Waals surface area contributed by atoms with Crippen LogP contribution in [-0.2, 0) is 11.3 Å². The first-order chi connectivity index (χ1) is 8.58. The molecule has 0 unspecified atom stereocenters. The topological polar surface area (TPSA) is 55.6 Å². The van der Waals surface area contributed by atoms with Crippen LogP contribution in [0.25, 0.3) is 0 Å². The van der Waals surface area contributed by atoms with Crippen molar-refractivity contribution in [1.29, 1.82) is 0 Å². The Hall–Kier alpha value is -1.55. The molecule has 0 aliphatic carbocycles. The average molecular weight is 250 g/mol. The van der Waals surface area contributed by atoms with Crippen LogP contribution in [0.5, 0.6) is 5.75 Å². The van der Waals surface area contributed by atoms with Gasteiger partial charge >= 0.3 is 0 Å². The molecule has 0 fully saturated rings. The van der Waals surface area contributed by atoms with Crippen molar-refractivity contribution in [2.75, 3.05) is 20.7 Å². The van der Waals surface area contributed by atoms with Gasteiger partial charge in [-0.1, -0.05) is 17.7 Å². The molecule has 1 aromatic carbocycles. The van der Waals surface area contributed by atoms with Crippen LogP contribution in [0.1, 0.15) is 24.0 Å². The van der Waals surface area contributed by atoms with Gasteiger partial charge in [-0.2, -0.15) is 0 Å². The monoisotopic (exact) mass is 250 g/mol. The molecule has 0 radical (unpaired) electrons. The number of rotatable bonds is 6. The van der Waals surface area contributed by atoms with Crippen molar-refractivity contribution in [3.05, 3.63) is 29.3 Å². The van der Waals surface area contributed by atoms with Gasteiger partial charge in [-0.15, -0.1) is 0 Å². The van der Waals surface area contributed by atoms with Crippen LogP contribution in [0, 0.1) is 6.92 Å². The van der Waals surface area contributed by atoms with Crippen LogP contribution < -0.4 is 10.5 Å². The molecule has 1 aromatic rings. The number of hydrogen-bond acceptors (Lipinski definition) is 3. The number of hydrogen-bond donors (Lipinski definition) is 1. The van der Waals surface area contributed by atoms with Crippen LogP contribution in [0.15, 0.2) is 18.2 Å². The lowest BCUT2D eigenvalue weighted by Crippen LogP contribution is -2.26. The van der Waals surface area contributed by atoms with E-state index in [-0.39, 0.29) is 5.91 Å². The molecule has 1 amide bonds. The minimum atomic E-state index is 0.115. The summed E-state index contributed by atoms with van der Waals surface area (Å²) in [6.07, 6.45) is 1.23. The number of carbonyl (C=O) groups is 1. The number of aryl methyl sites for hydroxylation is 1. The summed E-state index contributed by atoms with van der Waals surface area (Å²) < 4.78 is 5.30. The maximum Gasteiger partial charge on any atom is 0.222 e. The van der Waals surface area contributed by atoms with Gasteiger partial charge in [0.1, 0.15) is 5.75 Å². The zero-order valence-electron chi connectivity index (χ0n) is 11.4. The highest BCUT2D eigenvalue weighted by molar-refractivity contribution is 5.75. The third kappa shape index (κ3) is 4.04. The summed E-state index contributed by atoms with van der Waals surface area (Å²) in [6, 6.07) is 5.98. The molecule has 2 N–H and O–H groups in total. The summed E-state index contributed by atoms with van der Waals surface area (Å²) in [5, 5.41) is 0. The summed E-state index contributed by atoms with van der Waals surface area (Å²) in [4.78, 5) is 13.5. The van der Waals surface area contributed by atoms with E-state index in [4.69, 9.17) is 10.5 Å². The van der Waals surface area contributed by atoms with Crippen molar-refractivity contribution in [3.8, 4) is 5.75 Å². The molecule has 0 heterocycles. The van der Waals surface area contributed by atoms with Gasteiger partial charge in [0.25, 0.3) is 0 Å². The Kier molecular flexibility index (Phi) is 5.65. The van der Waals surface area contributed by atoms with Crippen molar-refractivity contribution in [3.63, 3.8) is 0 Å². The second kappa shape index (κ2) is 7.01. The zero-order chi connectivity index (χ0) is 13.5. The van der Waals surface area contributed by atoms with Gasteiger partial charge in [-0.3, -0.25) is 4.79 Å². The van der Waals surface area contributed by atoms with Gasteiger partial charge in [-0.25, -0.2) is 0 Å². The Balaban J connectivity index is 2.71. The second-order valence-corrected chi connectivity index (χ2v) is 4.46. The first-order valence-electron chi connectivity index (χ1n) is 6.16. The average Bonchev–Trinajstić information content (AvgIpc) is 2.36. The van der Waals surface area contributed by atoms with E-state index in [0.29, 0.717) is 19.5 Å². The van der Waals surface area contributed by atoms with E-state index < -0.39 is 0 Å². The lowest BCUT2D eigenvalue weighted by molar-refractivity contribution is -0.130. The molecule has 1 rings (SSSR count). The van der Waals surface area contributed by atoms with Gasteiger partial charge in [0.2, 0.25) is 5.91 Å². The molecular formula is C14H22N2O2. The smallest absolute Gasteiger partial charge is 0.222 e. The molecule has 0 saturated heterocycles. The standard InChI is InChI=1S/C14H22N2O2/c1-11-6-7-13(18-3)12(9-11)10-16(2)14(17)5-4-8-15/h6-7,9H,4-5,8,10,15H2,1-3H3. The predicted octanol–water partition coefficient (Wildman–Crippen LogP) is 1.70. The summed E-state index contributed by atoms with van der Waals surface area (Å²) >= 11 is 0. The van der Waals surface area contributed by atoms with Crippen LogP contribution in [0.3, 0.4) is 0 Å². The molecule has 0 spiro atoms. The fraction of sp³-hybridized carbons (Fsp3) is 0.500. The van der Waals surface area contributed by atoms with Crippen LogP contribution in [0.2, 0.25) is 0 Å².